The first-order chi connectivity index (χ1) is 9.99. The zero-order valence-electron chi connectivity index (χ0n) is 13.1. The molecular weight excluding hydrogens is 268 g/mol. The van der Waals surface area contributed by atoms with E-state index in [1.165, 1.54) is 0 Å². The molecule has 0 aromatic heterocycles. The average molecular weight is 294 g/mol. The van der Waals surface area contributed by atoms with E-state index in [0.717, 1.165) is 17.7 Å². The molecule has 0 aliphatic rings. The molecule has 1 atom stereocenters. The number of ether oxygens (including phenoxy) is 2. The van der Waals surface area contributed by atoms with Gasteiger partial charge in [-0.2, -0.15) is 0 Å². The molecule has 118 valence electrons. The van der Waals surface area contributed by atoms with Crippen LogP contribution in [0.25, 0.3) is 0 Å². The predicted molar refractivity (Wildman–Crippen MR) is 84.1 cm³/mol. The van der Waals surface area contributed by atoms with Gasteiger partial charge in [0.2, 0.25) is 5.91 Å². The van der Waals surface area contributed by atoms with Gasteiger partial charge >= 0.3 is 0 Å². The second-order valence-corrected chi connectivity index (χ2v) is 5.37. The monoisotopic (exact) mass is 294 g/mol. The second-order valence-electron chi connectivity index (χ2n) is 5.37. The predicted octanol–water partition coefficient (Wildman–Crippen LogP) is 2.31. The largest absolute Gasteiger partial charge is 0.382 e. The van der Waals surface area contributed by atoms with Crippen LogP contribution in [0, 0.1) is 0 Å². The van der Waals surface area contributed by atoms with Crippen LogP contribution in [0.1, 0.15) is 32.3 Å². The van der Waals surface area contributed by atoms with Crippen molar-refractivity contribution in [1.29, 1.82) is 0 Å². The third-order valence-electron chi connectivity index (χ3n) is 3.17. The van der Waals surface area contributed by atoms with Gasteiger partial charge in [-0.3, -0.25) is 4.79 Å². The van der Waals surface area contributed by atoms with Crippen molar-refractivity contribution in [3.8, 4) is 0 Å². The summed E-state index contributed by atoms with van der Waals surface area (Å²) in [6.07, 6.45) is 1.52. The molecule has 0 saturated carbocycles. The van der Waals surface area contributed by atoms with Gasteiger partial charge in [-0.1, -0.05) is 25.5 Å². The summed E-state index contributed by atoms with van der Waals surface area (Å²) >= 11 is 0. The molecule has 0 fully saturated rings. The van der Waals surface area contributed by atoms with Gasteiger partial charge < -0.3 is 20.5 Å². The molecule has 1 amide bonds. The number of hydrogen-bond donors (Lipinski definition) is 2. The highest BCUT2D eigenvalue weighted by molar-refractivity contribution is 5.97. The van der Waals surface area contributed by atoms with Crippen LogP contribution >= 0.6 is 0 Å². The molecular formula is C16H26N2O3. The van der Waals surface area contributed by atoms with E-state index in [9.17, 15) is 4.79 Å². The van der Waals surface area contributed by atoms with Crippen LogP contribution in [0.15, 0.2) is 24.3 Å². The first kappa shape index (κ1) is 17.6. The molecule has 5 nitrogen and oxygen atoms in total. The van der Waals surface area contributed by atoms with Gasteiger partial charge in [-0.25, -0.2) is 0 Å². The maximum atomic E-state index is 12.2. The van der Waals surface area contributed by atoms with Crippen LogP contribution in [-0.2, 0) is 20.9 Å². The fourth-order valence-corrected chi connectivity index (χ4v) is 1.98. The summed E-state index contributed by atoms with van der Waals surface area (Å²) in [4.78, 5) is 12.2. The number of amides is 1. The third kappa shape index (κ3) is 6.25. The Bertz CT molecular complexity index is 447. The van der Waals surface area contributed by atoms with Crippen LogP contribution < -0.4 is 11.1 Å². The molecule has 0 bridgehead atoms. The Morgan fingerprint density at radius 2 is 2.14 bits per heavy atom. The number of nitrogens with two attached hydrogens (primary N) is 1. The summed E-state index contributed by atoms with van der Waals surface area (Å²) in [5.74, 6) is -0.165. The molecule has 5 heteroatoms. The lowest BCUT2D eigenvalue weighted by atomic mass is 9.96. The number of carbonyl (C=O) groups is 1. The van der Waals surface area contributed by atoms with Crippen molar-refractivity contribution in [3.05, 3.63) is 29.8 Å². The van der Waals surface area contributed by atoms with E-state index in [0.29, 0.717) is 26.2 Å². The van der Waals surface area contributed by atoms with Gasteiger partial charge in [0.25, 0.3) is 0 Å². The van der Waals surface area contributed by atoms with Crippen LogP contribution in [0.4, 0.5) is 5.69 Å². The van der Waals surface area contributed by atoms with Crippen LogP contribution in [-0.4, -0.2) is 31.8 Å². The Balaban J connectivity index is 2.58. The Morgan fingerprint density at radius 1 is 1.38 bits per heavy atom. The normalized spacial score (nSPS) is 13.7. The summed E-state index contributed by atoms with van der Waals surface area (Å²) < 4.78 is 10.4. The highest BCUT2D eigenvalue weighted by atomic mass is 16.5. The fraction of sp³-hybridized carbons (Fsp3) is 0.562. The molecule has 3 N–H and O–H groups in total. The molecule has 1 rings (SSSR count). The Labute approximate surface area is 126 Å². The lowest BCUT2D eigenvalue weighted by Gasteiger charge is -2.23. The topological polar surface area (TPSA) is 73.6 Å². The van der Waals surface area contributed by atoms with Crippen LogP contribution in [0.5, 0.6) is 0 Å². The van der Waals surface area contributed by atoms with Crippen molar-refractivity contribution in [2.24, 2.45) is 5.73 Å². The number of nitrogens with one attached hydrogen (secondary N) is 1. The molecule has 0 spiro atoms. The molecule has 0 aliphatic carbocycles. The summed E-state index contributed by atoms with van der Waals surface area (Å²) in [6.45, 7) is 5.37. The standard InChI is InChI=1S/C16H26N2O3/c1-4-8-16(2,17)15(19)18-14-7-5-6-13(11-14)12-21-10-9-20-3/h5-7,11H,4,8-10,12,17H2,1-3H3,(H,18,19). The number of carbonyl (C=O) groups excluding carboxylic acids is 1. The maximum absolute atomic E-state index is 12.2. The number of anilines is 1. The van der Waals surface area contributed by atoms with E-state index in [1.807, 2.05) is 31.2 Å². The molecule has 0 radical (unpaired) electrons. The zero-order valence-corrected chi connectivity index (χ0v) is 13.1. The van der Waals surface area contributed by atoms with Crippen molar-refractivity contribution in [2.75, 3.05) is 25.6 Å². The Kier molecular flexibility index (Phi) is 7.36. The molecule has 0 aliphatic heterocycles. The zero-order chi connectivity index (χ0) is 15.7. The molecule has 21 heavy (non-hydrogen) atoms. The number of benzene rings is 1. The minimum atomic E-state index is -0.848. The molecule has 0 heterocycles. The van der Waals surface area contributed by atoms with Gasteiger partial charge in [0.05, 0.1) is 25.4 Å². The third-order valence-corrected chi connectivity index (χ3v) is 3.17. The Morgan fingerprint density at radius 3 is 2.81 bits per heavy atom. The van der Waals surface area contributed by atoms with Crippen molar-refractivity contribution >= 4 is 11.6 Å². The van der Waals surface area contributed by atoms with E-state index in [2.05, 4.69) is 5.32 Å². The van der Waals surface area contributed by atoms with Gasteiger partial charge in [0.1, 0.15) is 0 Å². The first-order valence-electron chi connectivity index (χ1n) is 7.25. The van der Waals surface area contributed by atoms with Gasteiger partial charge in [-0.15, -0.1) is 0 Å². The minimum Gasteiger partial charge on any atom is -0.382 e. The van der Waals surface area contributed by atoms with Crippen LogP contribution in [0.2, 0.25) is 0 Å². The van der Waals surface area contributed by atoms with Crippen molar-refractivity contribution < 1.29 is 14.3 Å². The summed E-state index contributed by atoms with van der Waals surface area (Å²) in [7, 11) is 1.64. The average Bonchev–Trinajstić information content (AvgIpc) is 2.44. The summed E-state index contributed by atoms with van der Waals surface area (Å²) in [5.41, 5.74) is 6.91. The van der Waals surface area contributed by atoms with Crippen LogP contribution in [0.3, 0.4) is 0 Å². The molecule has 1 unspecified atom stereocenters. The van der Waals surface area contributed by atoms with E-state index < -0.39 is 5.54 Å². The van der Waals surface area contributed by atoms with Crippen molar-refractivity contribution in [3.63, 3.8) is 0 Å². The Hall–Kier alpha value is -1.43. The van der Waals surface area contributed by atoms with Gasteiger partial charge in [0.15, 0.2) is 0 Å². The smallest absolute Gasteiger partial charge is 0.244 e. The molecule has 0 saturated heterocycles. The second kappa shape index (κ2) is 8.77. The lowest BCUT2D eigenvalue weighted by molar-refractivity contribution is -0.120. The SMILES string of the molecule is CCCC(C)(N)C(=O)Nc1cccc(COCCOC)c1. The number of methoxy groups -OCH3 is 1. The van der Waals surface area contributed by atoms with E-state index in [-0.39, 0.29) is 5.91 Å². The number of rotatable bonds is 9. The minimum absolute atomic E-state index is 0.165. The molecule has 1 aromatic carbocycles. The van der Waals surface area contributed by atoms with Crippen molar-refractivity contribution in [2.45, 2.75) is 38.8 Å². The van der Waals surface area contributed by atoms with E-state index in [4.69, 9.17) is 15.2 Å². The quantitative estimate of drug-likeness (QED) is 0.685. The highest BCUT2D eigenvalue weighted by Crippen LogP contribution is 2.15. The number of hydrogen-bond acceptors (Lipinski definition) is 4. The fourth-order valence-electron chi connectivity index (χ4n) is 1.98. The van der Waals surface area contributed by atoms with Gasteiger partial charge in [0, 0.05) is 12.8 Å². The maximum Gasteiger partial charge on any atom is 0.244 e. The van der Waals surface area contributed by atoms with Gasteiger partial charge in [-0.05, 0) is 31.0 Å². The van der Waals surface area contributed by atoms with Crippen molar-refractivity contribution in [1.82, 2.24) is 0 Å². The highest BCUT2D eigenvalue weighted by Gasteiger charge is 2.27. The first-order valence-corrected chi connectivity index (χ1v) is 7.25. The van der Waals surface area contributed by atoms with E-state index in [1.54, 1.807) is 14.0 Å². The lowest BCUT2D eigenvalue weighted by Crippen LogP contribution is -2.48. The molecule has 1 aromatic rings. The van der Waals surface area contributed by atoms with E-state index >= 15 is 0 Å². The summed E-state index contributed by atoms with van der Waals surface area (Å²) in [6, 6.07) is 7.58. The summed E-state index contributed by atoms with van der Waals surface area (Å²) in [5, 5.41) is 2.86.